The first-order valence-corrected chi connectivity index (χ1v) is 9.96. The summed E-state index contributed by atoms with van der Waals surface area (Å²) < 4.78 is 36.6. The van der Waals surface area contributed by atoms with Gasteiger partial charge in [-0.25, -0.2) is 8.42 Å². The monoisotopic (exact) mass is 366 g/mol. The van der Waals surface area contributed by atoms with E-state index in [1.54, 1.807) is 44.2 Å². The van der Waals surface area contributed by atoms with Gasteiger partial charge in [0.2, 0.25) is 0 Å². The molecule has 0 aromatic heterocycles. The van der Waals surface area contributed by atoms with Crippen molar-refractivity contribution in [3.8, 4) is 0 Å². The smallest absolute Gasteiger partial charge is 0.400 e. The number of hydrogen-bond donors (Lipinski definition) is 1. The fourth-order valence-corrected chi connectivity index (χ4v) is 3.56. The van der Waals surface area contributed by atoms with E-state index in [0.29, 0.717) is 11.0 Å². The van der Waals surface area contributed by atoms with Crippen molar-refractivity contribution < 1.29 is 22.8 Å². The van der Waals surface area contributed by atoms with Gasteiger partial charge in [0.05, 0.1) is 28.0 Å². The average Bonchev–Trinajstić information content (AvgIpc) is 2.73. The second kappa shape index (κ2) is 6.87. The Morgan fingerprint density at radius 2 is 1.76 bits per heavy atom. The van der Waals surface area contributed by atoms with Crippen molar-refractivity contribution in [1.29, 1.82) is 0 Å². The molecule has 0 radical (unpaired) electrons. The maximum atomic E-state index is 12.3. The van der Waals surface area contributed by atoms with Crippen LogP contribution in [0.4, 0.5) is 0 Å². The molecule has 0 atom stereocenters. The summed E-state index contributed by atoms with van der Waals surface area (Å²) in [5.74, 6) is 0. The Bertz CT molecular complexity index is 749. The van der Waals surface area contributed by atoms with E-state index < -0.39 is 33.4 Å². The van der Waals surface area contributed by atoms with Crippen LogP contribution < -0.4 is 0 Å². The predicted octanol–water partition coefficient (Wildman–Crippen LogP) is 2.88. The zero-order valence-corrected chi connectivity index (χ0v) is 16.6. The summed E-state index contributed by atoms with van der Waals surface area (Å²) in [6, 6.07) is 6.68. The third kappa shape index (κ3) is 4.00. The van der Waals surface area contributed by atoms with Gasteiger partial charge in [-0.2, -0.15) is 0 Å². The van der Waals surface area contributed by atoms with Crippen molar-refractivity contribution in [2.75, 3.05) is 6.61 Å². The van der Waals surface area contributed by atoms with Gasteiger partial charge in [-0.15, -0.1) is 0 Å². The molecule has 1 saturated heterocycles. The minimum Gasteiger partial charge on any atom is -0.400 e. The van der Waals surface area contributed by atoms with Gasteiger partial charge < -0.3 is 14.4 Å². The highest BCUT2D eigenvalue weighted by Crippen LogP contribution is 2.38. The summed E-state index contributed by atoms with van der Waals surface area (Å²) in [4.78, 5) is 0.266. The highest BCUT2D eigenvalue weighted by Gasteiger charge is 2.52. The van der Waals surface area contributed by atoms with Crippen LogP contribution in [0.15, 0.2) is 34.6 Å². The van der Waals surface area contributed by atoms with Crippen LogP contribution >= 0.6 is 0 Å². The summed E-state index contributed by atoms with van der Waals surface area (Å²) in [7, 11) is -4.02. The highest BCUT2D eigenvalue weighted by atomic mass is 32.2. The van der Waals surface area contributed by atoms with E-state index in [-0.39, 0.29) is 11.5 Å². The summed E-state index contributed by atoms with van der Waals surface area (Å²) in [5.41, 5.74) is 0.224. The number of aliphatic hydroxyl groups excluding tert-OH is 1. The molecule has 25 heavy (non-hydrogen) atoms. The van der Waals surface area contributed by atoms with Gasteiger partial charge in [0, 0.05) is 0 Å². The normalized spacial score (nSPS) is 20.3. The Morgan fingerprint density at radius 3 is 2.24 bits per heavy atom. The third-order valence-electron chi connectivity index (χ3n) is 4.90. The largest absolute Gasteiger partial charge is 0.492 e. The zero-order valence-electron chi connectivity index (χ0n) is 15.7. The fraction of sp³-hybridized carbons (Fsp3) is 0.556. The van der Waals surface area contributed by atoms with Crippen LogP contribution in [0.5, 0.6) is 0 Å². The Kier molecular flexibility index (Phi) is 5.54. The van der Waals surface area contributed by atoms with Gasteiger partial charge in [-0.1, -0.05) is 18.2 Å². The van der Waals surface area contributed by atoms with E-state index in [9.17, 15) is 13.5 Å². The molecule has 0 amide bonds. The zero-order chi connectivity index (χ0) is 19.0. The summed E-state index contributed by atoms with van der Waals surface area (Å²) in [6.07, 6.45) is 1.72. The quantitative estimate of drug-likeness (QED) is 0.812. The summed E-state index contributed by atoms with van der Waals surface area (Å²) >= 11 is 0. The maximum absolute atomic E-state index is 12.3. The summed E-state index contributed by atoms with van der Waals surface area (Å²) in [6.45, 7) is 10.8. The van der Waals surface area contributed by atoms with Crippen molar-refractivity contribution >= 4 is 23.0 Å². The molecule has 0 aliphatic carbocycles. The number of hydrogen-bond acceptors (Lipinski definition) is 5. The molecule has 0 spiro atoms. The molecule has 1 heterocycles. The minimum absolute atomic E-state index is 0.238. The molecule has 2 rings (SSSR count). The Labute approximate surface area is 151 Å². The van der Waals surface area contributed by atoms with Gasteiger partial charge in [-0.05, 0) is 64.7 Å². The number of benzene rings is 1. The van der Waals surface area contributed by atoms with Crippen molar-refractivity contribution in [3.05, 3.63) is 35.3 Å². The van der Waals surface area contributed by atoms with E-state index in [2.05, 4.69) is 0 Å². The van der Waals surface area contributed by atoms with E-state index >= 15 is 0 Å². The van der Waals surface area contributed by atoms with Crippen molar-refractivity contribution in [1.82, 2.24) is 0 Å². The Morgan fingerprint density at radius 1 is 1.20 bits per heavy atom. The van der Waals surface area contributed by atoms with Gasteiger partial charge in [0.25, 0.3) is 0 Å². The fourth-order valence-electron chi connectivity index (χ4n) is 2.45. The van der Waals surface area contributed by atoms with Crippen LogP contribution in [-0.4, -0.2) is 43.7 Å². The first kappa shape index (κ1) is 20.2. The molecule has 1 aliphatic heterocycles. The molecule has 7 heteroatoms. The predicted molar refractivity (Wildman–Crippen MR) is 99.9 cm³/mol. The molecule has 5 nitrogen and oxygen atoms in total. The number of rotatable bonds is 5. The lowest BCUT2D eigenvalue weighted by Gasteiger charge is -2.32. The lowest BCUT2D eigenvalue weighted by molar-refractivity contribution is 0.00578. The van der Waals surface area contributed by atoms with Crippen molar-refractivity contribution in [2.24, 2.45) is 0 Å². The average molecular weight is 366 g/mol. The molecule has 1 aromatic rings. The van der Waals surface area contributed by atoms with Gasteiger partial charge in [0.1, 0.15) is 0 Å². The van der Waals surface area contributed by atoms with Crippen molar-refractivity contribution in [2.45, 2.75) is 62.9 Å². The van der Waals surface area contributed by atoms with Crippen LogP contribution in [0.25, 0.3) is 6.08 Å². The second-order valence-electron chi connectivity index (χ2n) is 7.63. The van der Waals surface area contributed by atoms with E-state index in [4.69, 9.17) is 9.31 Å². The lowest BCUT2D eigenvalue weighted by Crippen LogP contribution is -2.41. The molecular formula is C18H27BO5S. The molecular weight excluding hydrogens is 339 g/mol. The standard InChI is InChI=1S/C18H27BO5S/c1-13(2)25(21,22)16-9-7-8-14(11-16)10-15(12-20)19-23-17(3,4)18(5,6)24-19/h7-11,13,20H,12H2,1-6H3. The molecule has 0 saturated carbocycles. The van der Waals surface area contributed by atoms with E-state index in [1.165, 1.54) is 0 Å². The SMILES string of the molecule is CC(C)S(=O)(=O)c1cccc(C=C(CO)B2OC(C)(C)C(C)(C)O2)c1. The van der Waals surface area contributed by atoms with E-state index in [1.807, 2.05) is 27.7 Å². The summed E-state index contributed by atoms with van der Waals surface area (Å²) in [5, 5.41) is 9.27. The van der Waals surface area contributed by atoms with Gasteiger partial charge >= 0.3 is 7.12 Å². The van der Waals surface area contributed by atoms with Crippen LogP contribution in [0.2, 0.25) is 0 Å². The Hall–Kier alpha value is -1.15. The van der Waals surface area contributed by atoms with Crippen LogP contribution in [0.3, 0.4) is 0 Å². The first-order valence-electron chi connectivity index (χ1n) is 8.41. The third-order valence-corrected chi connectivity index (χ3v) is 7.05. The van der Waals surface area contributed by atoms with Crippen LogP contribution in [-0.2, 0) is 19.1 Å². The minimum atomic E-state index is -3.35. The van der Waals surface area contributed by atoms with Gasteiger partial charge in [-0.3, -0.25) is 0 Å². The molecule has 138 valence electrons. The second-order valence-corrected chi connectivity index (χ2v) is 10.1. The topological polar surface area (TPSA) is 72.8 Å². The Balaban J connectivity index is 2.36. The lowest BCUT2D eigenvalue weighted by atomic mass is 9.77. The maximum Gasteiger partial charge on any atom is 0.492 e. The molecule has 1 aromatic carbocycles. The molecule has 0 unspecified atom stereocenters. The van der Waals surface area contributed by atoms with Crippen molar-refractivity contribution in [3.63, 3.8) is 0 Å². The van der Waals surface area contributed by atoms with Crippen LogP contribution in [0, 0.1) is 0 Å². The number of aliphatic hydroxyl groups is 1. The van der Waals surface area contributed by atoms with Crippen LogP contribution in [0.1, 0.15) is 47.1 Å². The molecule has 1 aliphatic rings. The first-order chi connectivity index (χ1) is 11.4. The number of sulfone groups is 1. The molecule has 0 bridgehead atoms. The van der Waals surface area contributed by atoms with Gasteiger partial charge in [0.15, 0.2) is 9.84 Å². The highest BCUT2D eigenvalue weighted by molar-refractivity contribution is 7.92. The molecule has 1 fully saturated rings. The van der Waals surface area contributed by atoms with E-state index in [0.717, 1.165) is 0 Å². The molecule has 1 N–H and O–H groups in total.